The second-order valence-corrected chi connectivity index (χ2v) is 5.31. The Morgan fingerprint density at radius 1 is 1.27 bits per heavy atom. The third-order valence-electron chi connectivity index (χ3n) is 3.67. The van der Waals surface area contributed by atoms with Crippen LogP contribution in [0.15, 0.2) is 36.4 Å². The van der Waals surface area contributed by atoms with E-state index in [2.05, 4.69) is 16.4 Å². The number of amides is 1. The van der Waals surface area contributed by atoms with Crippen LogP contribution in [0.1, 0.15) is 45.8 Å². The van der Waals surface area contributed by atoms with Gasteiger partial charge in [0.2, 0.25) is 0 Å². The van der Waals surface area contributed by atoms with E-state index in [-0.39, 0.29) is 18.4 Å². The van der Waals surface area contributed by atoms with Crippen molar-refractivity contribution in [2.45, 2.75) is 33.2 Å². The molecule has 1 N–H and O–H groups in total. The SMILES string of the molecule is Cc1nc(C)c(C(=O)N[C@@H](C)c2ccccc2)cc1CC#N. The summed E-state index contributed by atoms with van der Waals surface area (Å²) in [5, 5.41) is 11.8. The van der Waals surface area contributed by atoms with Gasteiger partial charge >= 0.3 is 0 Å². The highest BCUT2D eigenvalue weighted by Gasteiger charge is 2.16. The summed E-state index contributed by atoms with van der Waals surface area (Å²) in [6.07, 6.45) is 0.258. The number of rotatable bonds is 4. The van der Waals surface area contributed by atoms with E-state index in [1.54, 1.807) is 6.07 Å². The second-order valence-electron chi connectivity index (χ2n) is 5.31. The highest BCUT2D eigenvalue weighted by Crippen LogP contribution is 2.16. The number of hydrogen-bond donors (Lipinski definition) is 1. The summed E-state index contributed by atoms with van der Waals surface area (Å²) in [4.78, 5) is 16.9. The van der Waals surface area contributed by atoms with Crippen LogP contribution in [0.3, 0.4) is 0 Å². The van der Waals surface area contributed by atoms with Crippen molar-refractivity contribution in [3.05, 3.63) is 64.5 Å². The maximum atomic E-state index is 12.5. The Balaban J connectivity index is 2.23. The summed E-state index contributed by atoms with van der Waals surface area (Å²) < 4.78 is 0. The lowest BCUT2D eigenvalue weighted by Crippen LogP contribution is -2.27. The molecule has 4 heteroatoms. The molecule has 0 bridgehead atoms. The van der Waals surface area contributed by atoms with E-state index in [9.17, 15) is 4.79 Å². The smallest absolute Gasteiger partial charge is 0.253 e. The number of aryl methyl sites for hydroxylation is 2. The number of aromatic nitrogens is 1. The lowest BCUT2D eigenvalue weighted by atomic mass is 10.0. The molecular formula is C18H19N3O. The summed E-state index contributed by atoms with van der Waals surface area (Å²) in [5.74, 6) is -0.166. The average molecular weight is 293 g/mol. The number of nitrogens with one attached hydrogen (secondary N) is 1. The van der Waals surface area contributed by atoms with Crippen LogP contribution in [0, 0.1) is 25.2 Å². The van der Waals surface area contributed by atoms with E-state index in [0.29, 0.717) is 11.3 Å². The van der Waals surface area contributed by atoms with Crippen LogP contribution in [0.25, 0.3) is 0 Å². The van der Waals surface area contributed by atoms with E-state index >= 15 is 0 Å². The van der Waals surface area contributed by atoms with Crippen molar-refractivity contribution < 1.29 is 4.79 Å². The molecule has 22 heavy (non-hydrogen) atoms. The zero-order valence-electron chi connectivity index (χ0n) is 13.1. The minimum Gasteiger partial charge on any atom is -0.345 e. The number of nitrogens with zero attached hydrogens (tertiary/aromatic N) is 2. The van der Waals surface area contributed by atoms with E-state index in [1.165, 1.54) is 0 Å². The van der Waals surface area contributed by atoms with Gasteiger partial charge in [0.25, 0.3) is 5.91 Å². The standard InChI is InChI=1S/C18H19N3O/c1-12(15-7-5-4-6-8-15)21-18(22)17-11-16(9-10-19)13(2)20-14(17)3/h4-8,11-12H,9H2,1-3H3,(H,21,22)/t12-/m0/s1. The Hall–Kier alpha value is -2.67. The number of carbonyl (C=O) groups is 1. The first-order valence-corrected chi connectivity index (χ1v) is 7.22. The topological polar surface area (TPSA) is 65.8 Å². The number of hydrogen-bond acceptors (Lipinski definition) is 3. The van der Waals surface area contributed by atoms with Gasteiger partial charge < -0.3 is 5.32 Å². The van der Waals surface area contributed by atoms with Gasteiger partial charge in [-0.1, -0.05) is 30.3 Å². The predicted molar refractivity (Wildman–Crippen MR) is 85.4 cm³/mol. The molecule has 0 saturated carbocycles. The highest BCUT2D eigenvalue weighted by atomic mass is 16.1. The van der Waals surface area contributed by atoms with E-state index < -0.39 is 0 Å². The average Bonchev–Trinajstić information content (AvgIpc) is 2.50. The molecule has 0 fully saturated rings. The molecule has 112 valence electrons. The van der Waals surface area contributed by atoms with Gasteiger partial charge in [-0.25, -0.2) is 0 Å². The Morgan fingerprint density at radius 3 is 2.59 bits per heavy atom. The van der Waals surface area contributed by atoms with Crippen LogP contribution in [0.2, 0.25) is 0 Å². The van der Waals surface area contributed by atoms with Gasteiger partial charge in [0, 0.05) is 5.69 Å². The summed E-state index contributed by atoms with van der Waals surface area (Å²) in [6, 6.07) is 13.6. The van der Waals surface area contributed by atoms with Crippen LogP contribution in [-0.2, 0) is 6.42 Å². The normalized spacial score (nSPS) is 11.5. The molecule has 1 aromatic carbocycles. The Kier molecular flexibility index (Phi) is 4.90. The van der Waals surface area contributed by atoms with E-state index in [4.69, 9.17) is 5.26 Å². The summed E-state index contributed by atoms with van der Waals surface area (Å²) in [6.45, 7) is 5.61. The molecule has 2 aromatic rings. The fourth-order valence-electron chi connectivity index (χ4n) is 2.36. The molecule has 0 spiro atoms. The Labute approximate surface area is 130 Å². The molecule has 1 aromatic heterocycles. The number of carbonyl (C=O) groups excluding carboxylic acids is 1. The van der Waals surface area contributed by atoms with Crippen LogP contribution >= 0.6 is 0 Å². The summed E-state index contributed by atoms with van der Waals surface area (Å²) in [5.41, 5.74) is 3.85. The minimum absolute atomic E-state index is 0.0891. The zero-order valence-corrected chi connectivity index (χ0v) is 13.1. The fraction of sp³-hybridized carbons (Fsp3) is 0.278. The van der Waals surface area contributed by atoms with Gasteiger partial charge in [0.05, 0.1) is 29.8 Å². The van der Waals surface area contributed by atoms with E-state index in [1.807, 2.05) is 51.1 Å². The van der Waals surface area contributed by atoms with Crippen LogP contribution in [-0.4, -0.2) is 10.9 Å². The lowest BCUT2D eigenvalue weighted by Gasteiger charge is -2.16. The summed E-state index contributed by atoms with van der Waals surface area (Å²) in [7, 11) is 0. The lowest BCUT2D eigenvalue weighted by molar-refractivity contribution is 0.0938. The molecule has 0 radical (unpaired) electrons. The van der Waals surface area contributed by atoms with Crippen molar-refractivity contribution in [1.82, 2.24) is 10.3 Å². The first-order valence-electron chi connectivity index (χ1n) is 7.22. The molecule has 0 unspecified atom stereocenters. The quantitative estimate of drug-likeness (QED) is 0.941. The molecule has 1 heterocycles. The maximum absolute atomic E-state index is 12.5. The largest absolute Gasteiger partial charge is 0.345 e. The zero-order chi connectivity index (χ0) is 16.1. The third kappa shape index (κ3) is 3.50. The molecular weight excluding hydrogens is 274 g/mol. The first-order chi connectivity index (χ1) is 10.5. The molecule has 1 amide bonds. The molecule has 4 nitrogen and oxygen atoms in total. The molecule has 0 aliphatic rings. The Bertz CT molecular complexity index is 717. The van der Waals surface area contributed by atoms with Gasteiger partial charge in [0.15, 0.2) is 0 Å². The summed E-state index contributed by atoms with van der Waals surface area (Å²) >= 11 is 0. The number of pyridine rings is 1. The number of nitriles is 1. The molecule has 0 aliphatic heterocycles. The highest BCUT2D eigenvalue weighted by molar-refractivity contribution is 5.95. The number of benzene rings is 1. The van der Waals surface area contributed by atoms with E-state index in [0.717, 1.165) is 16.8 Å². The van der Waals surface area contributed by atoms with Gasteiger partial charge in [-0.2, -0.15) is 5.26 Å². The third-order valence-corrected chi connectivity index (χ3v) is 3.67. The van der Waals surface area contributed by atoms with Crippen molar-refractivity contribution in [3.63, 3.8) is 0 Å². The van der Waals surface area contributed by atoms with Crippen LogP contribution < -0.4 is 5.32 Å². The maximum Gasteiger partial charge on any atom is 0.253 e. The molecule has 2 rings (SSSR count). The molecule has 0 aliphatic carbocycles. The molecule has 1 atom stereocenters. The van der Waals surface area contributed by atoms with Gasteiger partial charge in [-0.3, -0.25) is 9.78 Å². The second kappa shape index (κ2) is 6.86. The fourth-order valence-corrected chi connectivity index (χ4v) is 2.36. The van der Waals surface area contributed by atoms with Crippen molar-refractivity contribution >= 4 is 5.91 Å². The van der Waals surface area contributed by atoms with Crippen LogP contribution in [0.5, 0.6) is 0 Å². The van der Waals surface area contributed by atoms with Crippen molar-refractivity contribution in [1.29, 1.82) is 5.26 Å². The van der Waals surface area contributed by atoms with Crippen molar-refractivity contribution in [3.8, 4) is 6.07 Å². The molecule has 0 saturated heterocycles. The predicted octanol–water partition coefficient (Wildman–Crippen LogP) is 3.26. The van der Waals surface area contributed by atoms with Crippen molar-refractivity contribution in [2.75, 3.05) is 0 Å². The minimum atomic E-state index is -0.166. The van der Waals surface area contributed by atoms with Gasteiger partial charge in [0.1, 0.15) is 0 Å². The Morgan fingerprint density at radius 2 is 1.95 bits per heavy atom. The van der Waals surface area contributed by atoms with Gasteiger partial charge in [-0.15, -0.1) is 0 Å². The van der Waals surface area contributed by atoms with Crippen molar-refractivity contribution in [2.24, 2.45) is 0 Å². The monoisotopic (exact) mass is 293 g/mol. The first kappa shape index (κ1) is 15.7. The van der Waals surface area contributed by atoms with Gasteiger partial charge in [-0.05, 0) is 38.0 Å². The van der Waals surface area contributed by atoms with Crippen LogP contribution in [0.4, 0.5) is 0 Å².